The van der Waals surface area contributed by atoms with E-state index in [1.807, 2.05) is 0 Å². The minimum atomic E-state index is 0.622. The molecule has 108 valence electrons. The molecule has 2 aromatic rings. The molecular weight excluding hydrogens is 268 g/mol. The van der Waals surface area contributed by atoms with Gasteiger partial charge in [0.1, 0.15) is 10.6 Å². The third kappa shape index (κ3) is 2.46. The number of anilines is 2. The number of hydrogen-bond acceptors (Lipinski definition) is 5. The van der Waals surface area contributed by atoms with Crippen molar-refractivity contribution in [1.29, 1.82) is 0 Å². The number of nitrogens with one attached hydrogen (secondary N) is 1. The Kier molecular flexibility index (Phi) is 4.05. The van der Waals surface area contributed by atoms with Crippen molar-refractivity contribution < 1.29 is 0 Å². The summed E-state index contributed by atoms with van der Waals surface area (Å²) in [6, 6.07) is 2.78. The maximum Gasteiger partial charge on any atom is 0.226 e. The molecule has 0 radical (unpaired) electrons. The van der Waals surface area contributed by atoms with Crippen LogP contribution in [0.1, 0.15) is 39.5 Å². The molecule has 0 spiro atoms. The van der Waals surface area contributed by atoms with Gasteiger partial charge in [0.05, 0.1) is 5.39 Å². The predicted octanol–water partition coefficient (Wildman–Crippen LogP) is 3.89. The molecule has 0 aliphatic carbocycles. The molecule has 3 rings (SSSR count). The molecule has 1 saturated heterocycles. The molecule has 1 fully saturated rings. The second-order valence-corrected chi connectivity index (χ2v) is 6.19. The van der Waals surface area contributed by atoms with Crippen molar-refractivity contribution >= 4 is 33.3 Å². The van der Waals surface area contributed by atoms with Gasteiger partial charge in [-0.15, -0.1) is 11.3 Å². The smallest absolute Gasteiger partial charge is 0.226 e. The van der Waals surface area contributed by atoms with Gasteiger partial charge in [-0.3, -0.25) is 0 Å². The predicted molar refractivity (Wildman–Crippen MR) is 86.9 cm³/mol. The molecule has 0 saturated carbocycles. The maximum absolute atomic E-state index is 4.80. The molecule has 0 bridgehead atoms. The topological polar surface area (TPSA) is 41.1 Å². The van der Waals surface area contributed by atoms with Crippen LogP contribution >= 0.6 is 11.3 Å². The molecule has 2 aromatic heterocycles. The normalized spacial score (nSPS) is 19.5. The summed E-state index contributed by atoms with van der Waals surface area (Å²) in [5, 5.41) is 6.58. The van der Waals surface area contributed by atoms with Gasteiger partial charge in [0.2, 0.25) is 5.95 Å². The average molecular weight is 290 g/mol. The van der Waals surface area contributed by atoms with Crippen molar-refractivity contribution in [3.8, 4) is 0 Å². The highest BCUT2D eigenvalue weighted by atomic mass is 32.1. The van der Waals surface area contributed by atoms with E-state index in [1.165, 1.54) is 31.1 Å². The lowest BCUT2D eigenvalue weighted by Crippen LogP contribution is -2.39. The van der Waals surface area contributed by atoms with Gasteiger partial charge in [-0.25, -0.2) is 4.98 Å². The van der Waals surface area contributed by atoms with Gasteiger partial charge >= 0.3 is 0 Å². The first-order valence-electron chi connectivity index (χ1n) is 7.59. The highest BCUT2D eigenvalue weighted by Crippen LogP contribution is 2.33. The van der Waals surface area contributed by atoms with Crippen LogP contribution in [0.15, 0.2) is 11.4 Å². The molecule has 1 aliphatic heterocycles. The maximum atomic E-state index is 4.80. The van der Waals surface area contributed by atoms with E-state index in [0.29, 0.717) is 6.04 Å². The minimum Gasteiger partial charge on any atom is -0.354 e. The summed E-state index contributed by atoms with van der Waals surface area (Å²) < 4.78 is 0. The number of nitrogens with zero attached hydrogens (tertiary/aromatic N) is 3. The van der Waals surface area contributed by atoms with E-state index in [9.17, 15) is 0 Å². The third-order valence-electron chi connectivity index (χ3n) is 4.01. The number of hydrogen-bond donors (Lipinski definition) is 1. The van der Waals surface area contributed by atoms with Gasteiger partial charge in [0.25, 0.3) is 0 Å². The minimum absolute atomic E-state index is 0.622. The molecular formula is C15H22N4S. The average Bonchev–Trinajstić information content (AvgIpc) is 2.95. The Balaban J connectivity index is 2.05. The molecule has 3 heterocycles. The zero-order chi connectivity index (χ0) is 13.9. The van der Waals surface area contributed by atoms with Crippen LogP contribution in [0, 0.1) is 0 Å². The lowest BCUT2D eigenvalue weighted by Gasteiger charge is -2.36. The first kappa shape index (κ1) is 13.6. The number of piperidine rings is 1. The summed E-state index contributed by atoms with van der Waals surface area (Å²) in [7, 11) is 0. The molecule has 1 unspecified atom stereocenters. The van der Waals surface area contributed by atoms with Gasteiger partial charge in [0.15, 0.2) is 0 Å². The van der Waals surface area contributed by atoms with Crippen LogP contribution in [0.3, 0.4) is 0 Å². The number of fused-ring (bicyclic) bond motifs is 1. The van der Waals surface area contributed by atoms with Gasteiger partial charge in [-0.2, -0.15) is 4.98 Å². The van der Waals surface area contributed by atoms with Crippen molar-refractivity contribution in [2.24, 2.45) is 0 Å². The van der Waals surface area contributed by atoms with E-state index < -0.39 is 0 Å². The molecule has 1 atom stereocenters. The zero-order valence-electron chi connectivity index (χ0n) is 12.2. The second kappa shape index (κ2) is 5.95. The van der Waals surface area contributed by atoms with Crippen molar-refractivity contribution in [3.05, 3.63) is 11.4 Å². The molecule has 1 N–H and O–H groups in total. The van der Waals surface area contributed by atoms with E-state index in [4.69, 9.17) is 4.98 Å². The molecule has 0 amide bonds. The molecule has 0 aromatic carbocycles. The fraction of sp³-hybridized carbons (Fsp3) is 0.600. The van der Waals surface area contributed by atoms with Crippen LogP contribution in [0.2, 0.25) is 0 Å². The molecule has 20 heavy (non-hydrogen) atoms. The van der Waals surface area contributed by atoms with E-state index in [-0.39, 0.29) is 0 Å². The van der Waals surface area contributed by atoms with Crippen LogP contribution < -0.4 is 10.2 Å². The fourth-order valence-corrected chi connectivity index (χ4v) is 3.76. The number of aromatic nitrogens is 2. The summed E-state index contributed by atoms with van der Waals surface area (Å²) >= 11 is 1.70. The first-order chi connectivity index (χ1) is 9.83. The third-order valence-corrected chi connectivity index (χ3v) is 4.82. The van der Waals surface area contributed by atoms with Crippen LogP contribution in [0.4, 0.5) is 11.8 Å². The Bertz CT molecular complexity index is 580. The van der Waals surface area contributed by atoms with E-state index in [1.54, 1.807) is 11.3 Å². The van der Waals surface area contributed by atoms with Crippen LogP contribution in [0.5, 0.6) is 0 Å². The summed E-state index contributed by atoms with van der Waals surface area (Å²) in [6.45, 7) is 6.33. The summed E-state index contributed by atoms with van der Waals surface area (Å²) in [6.07, 6.45) is 5.07. The summed E-state index contributed by atoms with van der Waals surface area (Å²) in [5.74, 6) is 1.89. The van der Waals surface area contributed by atoms with Crippen molar-refractivity contribution in [2.75, 3.05) is 23.3 Å². The van der Waals surface area contributed by atoms with Gasteiger partial charge in [-0.1, -0.05) is 6.92 Å². The SMILES string of the molecule is CCNc1nc(N2CCCCC2CC)c2ccsc2n1. The van der Waals surface area contributed by atoms with E-state index >= 15 is 0 Å². The molecule has 4 nitrogen and oxygen atoms in total. The van der Waals surface area contributed by atoms with Gasteiger partial charge in [0, 0.05) is 19.1 Å². The standard InChI is InChI=1S/C15H22N4S/c1-3-11-7-5-6-9-19(11)13-12-8-10-20-14(12)18-15(17-13)16-4-2/h8,10-11H,3-7,9H2,1-2H3,(H,16,17,18). The molecule has 1 aliphatic rings. The fourth-order valence-electron chi connectivity index (χ4n) is 3.00. The number of thiophene rings is 1. The monoisotopic (exact) mass is 290 g/mol. The molecule has 5 heteroatoms. The van der Waals surface area contributed by atoms with Crippen LogP contribution in [-0.4, -0.2) is 29.1 Å². The Morgan fingerprint density at radius 2 is 2.25 bits per heavy atom. The lowest BCUT2D eigenvalue weighted by molar-refractivity contribution is 0.448. The van der Waals surface area contributed by atoms with Gasteiger partial charge < -0.3 is 10.2 Å². The Labute approximate surface area is 124 Å². The second-order valence-electron chi connectivity index (χ2n) is 5.29. The van der Waals surface area contributed by atoms with E-state index in [2.05, 4.69) is 40.5 Å². The summed E-state index contributed by atoms with van der Waals surface area (Å²) in [5.41, 5.74) is 0. The Hall–Kier alpha value is -1.36. The number of rotatable bonds is 4. The van der Waals surface area contributed by atoms with Gasteiger partial charge in [-0.05, 0) is 44.1 Å². The zero-order valence-corrected chi connectivity index (χ0v) is 13.0. The first-order valence-corrected chi connectivity index (χ1v) is 8.47. The van der Waals surface area contributed by atoms with Crippen molar-refractivity contribution in [3.63, 3.8) is 0 Å². The summed E-state index contributed by atoms with van der Waals surface area (Å²) in [4.78, 5) is 13.0. The van der Waals surface area contributed by atoms with Crippen molar-refractivity contribution in [2.45, 2.75) is 45.6 Å². The van der Waals surface area contributed by atoms with Crippen LogP contribution in [0.25, 0.3) is 10.2 Å². The highest BCUT2D eigenvalue weighted by molar-refractivity contribution is 7.16. The van der Waals surface area contributed by atoms with E-state index in [0.717, 1.165) is 29.7 Å². The highest BCUT2D eigenvalue weighted by Gasteiger charge is 2.24. The van der Waals surface area contributed by atoms with Crippen LogP contribution in [-0.2, 0) is 0 Å². The quantitative estimate of drug-likeness (QED) is 0.927. The lowest BCUT2D eigenvalue weighted by atomic mass is 10.00. The van der Waals surface area contributed by atoms with Crippen molar-refractivity contribution in [1.82, 2.24) is 9.97 Å². The Morgan fingerprint density at radius 3 is 3.05 bits per heavy atom. The largest absolute Gasteiger partial charge is 0.354 e. The Morgan fingerprint density at radius 1 is 1.35 bits per heavy atom.